The van der Waals surface area contributed by atoms with Crippen LogP contribution in [-0.2, 0) is 22.5 Å². The quantitative estimate of drug-likeness (QED) is 0.253. The fourth-order valence-electron chi connectivity index (χ4n) is 5.27. The van der Waals surface area contributed by atoms with E-state index in [0.717, 1.165) is 38.9 Å². The molecule has 0 bridgehead atoms. The first kappa shape index (κ1) is 27.1. The van der Waals surface area contributed by atoms with Crippen LogP contribution in [0.15, 0.2) is 85.2 Å². The van der Waals surface area contributed by atoms with E-state index in [1.54, 1.807) is 51.4 Å². The van der Waals surface area contributed by atoms with Crippen LogP contribution >= 0.6 is 0 Å². The lowest BCUT2D eigenvalue weighted by Crippen LogP contribution is -2.52. The molecule has 0 saturated carbocycles. The van der Waals surface area contributed by atoms with E-state index in [1.807, 2.05) is 42.5 Å². The second-order valence-corrected chi connectivity index (χ2v) is 11.3. The van der Waals surface area contributed by atoms with Crippen molar-refractivity contribution in [3.8, 4) is 22.4 Å². The van der Waals surface area contributed by atoms with Gasteiger partial charge in [0.25, 0.3) is 0 Å². The van der Waals surface area contributed by atoms with Crippen molar-refractivity contribution in [1.82, 2.24) is 19.9 Å². The molecule has 1 aliphatic rings. The number of carbonyl (C=O) groups is 2. The molecule has 3 aromatic heterocycles. The molecule has 4 heterocycles. The lowest BCUT2D eigenvalue weighted by Gasteiger charge is -2.36. The number of hydrogen-bond acceptors (Lipinski definition) is 5. The molecule has 0 aliphatic carbocycles. The smallest absolute Gasteiger partial charge is 0.411 e. The maximum atomic E-state index is 13.7. The SMILES string of the molecule is CC(C)(C)OC(=O)N1Cc2ccccc2C[C@H]1C(=O)Nc1ccc2c(-c3ccncc3)c(-c3ccc(F)cc3)[nH]c2n1. The zero-order valence-electron chi connectivity index (χ0n) is 23.5. The number of halogens is 1. The highest BCUT2D eigenvalue weighted by molar-refractivity contribution is 6.04. The predicted molar refractivity (Wildman–Crippen MR) is 159 cm³/mol. The minimum atomic E-state index is -0.780. The number of benzene rings is 2. The van der Waals surface area contributed by atoms with Crippen LogP contribution in [0.1, 0.15) is 31.9 Å². The minimum Gasteiger partial charge on any atom is -0.444 e. The van der Waals surface area contributed by atoms with Crippen LogP contribution < -0.4 is 5.32 Å². The Labute approximate surface area is 242 Å². The van der Waals surface area contributed by atoms with Gasteiger partial charge in [-0.05, 0) is 91.6 Å². The number of pyridine rings is 2. The molecule has 2 aromatic carbocycles. The zero-order chi connectivity index (χ0) is 29.4. The number of nitrogens with zero attached hydrogens (tertiary/aromatic N) is 3. The molecule has 0 spiro atoms. The van der Waals surface area contributed by atoms with E-state index in [-0.39, 0.29) is 18.3 Å². The molecule has 8 nitrogen and oxygen atoms in total. The number of aromatic amines is 1. The van der Waals surface area contributed by atoms with Crippen LogP contribution in [-0.4, -0.2) is 43.5 Å². The van der Waals surface area contributed by atoms with Crippen molar-refractivity contribution < 1.29 is 18.7 Å². The van der Waals surface area contributed by atoms with Gasteiger partial charge in [0.2, 0.25) is 5.91 Å². The Bertz CT molecular complexity index is 1780. The summed E-state index contributed by atoms with van der Waals surface area (Å²) in [6.07, 6.45) is 3.23. The van der Waals surface area contributed by atoms with Crippen LogP contribution in [0.5, 0.6) is 0 Å². The summed E-state index contributed by atoms with van der Waals surface area (Å²) in [5.74, 6) is -0.347. The fraction of sp³-hybridized carbons (Fsp3) is 0.212. The van der Waals surface area contributed by atoms with Crippen LogP contribution in [0.25, 0.3) is 33.4 Å². The van der Waals surface area contributed by atoms with Crippen molar-refractivity contribution >= 4 is 28.9 Å². The second-order valence-electron chi connectivity index (χ2n) is 11.3. The Morgan fingerprint density at radius 3 is 2.38 bits per heavy atom. The molecule has 9 heteroatoms. The van der Waals surface area contributed by atoms with Gasteiger partial charge in [0.15, 0.2) is 0 Å². The molecule has 1 atom stereocenters. The topological polar surface area (TPSA) is 100 Å². The average Bonchev–Trinajstić information content (AvgIpc) is 3.35. The molecular weight excluding hydrogens is 533 g/mol. The van der Waals surface area contributed by atoms with Gasteiger partial charge in [-0.1, -0.05) is 24.3 Å². The fourth-order valence-corrected chi connectivity index (χ4v) is 5.27. The van der Waals surface area contributed by atoms with Gasteiger partial charge in [0.05, 0.1) is 12.2 Å². The first-order valence-electron chi connectivity index (χ1n) is 13.7. The van der Waals surface area contributed by atoms with Gasteiger partial charge < -0.3 is 15.0 Å². The third-order valence-electron chi connectivity index (χ3n) is 7.19. The third-order valence-corrected chi connectivity index (χ3v) is 7.19. The summed E-state index contributed by atoms with van der Waals surface area (Å²) in [7, 11) is 0. The number of carbonyl (C=O) groups excluding carboxylic acids is 2. The number of amides is 2. The number of fused-ring (bicyclic) bond motifs is 2. The van der Waals surface area contributed by atoms with E-state index in [4.69, 9.17) is 9.72 Å². The Balaban J connectivity index is 1.34. The third kappa shape index (κ3) is 5.45. The normalized spacial score (nSPS) is 14.9. The molecule has 0 saturated heterocycles. The van der Waals surface area contributed by atoms with Crippen molar-refractivity contribution in [3.63, 3.8) is 0 Å². The summed E-state index contributed by atoms with van der Waals surface area (Å²) in [5, 5.41) is 3.75. The number of nitrogens with one attached hydrogen (secondary N) is 2. The van der Waals surface area contributed by atoms with Crippen molar-refractivity contribution in [2.75, 3.05) is 5.32 Å². The zero-order valence-corrected chi connectivity index (χ0v) is 23.5. The van der Waals surface area contributed by atoms with Gasteiger partial charge in [0, 0.05) is 29.8 Å². The van der Waals surface area contributed by atoms with Crippen LogP contribution in [0.2, 0.25) is 0 Å². The predicted octanol–water partition coefficient (Wildman–Crippen LogP) is 6.73. The number of hydrogen-bond donors (Lipinski definition) is 2. The monoisotopic (exact) mass is 563 g/mol. The molecule has 1 aliphatic heterocycles. The Hall–Kier alpha value is -5.05. The second kappa shape index (κ2) is 10.7. The van der Waals surface area contributed by atoms with E-state index >= 15 is 0 Å². The van der Waals surface area contributed by atoms with Gasteiger partial charge in [0.1, 0.15) is 28.9 Å². The van der Waals surface area contributed by atoms with Crippen LogP contribution in [0, 0.1) is 5.82 Å². The van der Waals surface area contributed by atoms with Crippen molar-refractivity contribution in [3.05, 3.63) is 102 Å². The van der Waals surface area contributed by atoms with Gasteiger partial charge in [-0.2, -0.15) is 0 Å². The molecule has 42 heavy (non-hydrogen) atoms. The lowest BCUT2D eigenvalue weighted by molar-refractivity contribution is -0.121. The van der Waals surface area contributed by atoms with Gasteiger partial charge in [-0.3, -0.25) is 14.7 Å². The van der Waals surface area contributed by atoms with Crippen molar-refractivity contribution in [2.45, 2.75) is 45.4 Å². The number of aromatic nitrogens is 3. The first-order valence-corrected chi connectivity index (χ1v) is 13.7. The molecule has 2 amide bonds. The molecular formula is C33H30FN5O3. The number of anilines is 1. The van der Waals surface area contributed by atoms with E-state index in [0.29, 0.717) is 17.9 Å². The average molecular weight is 564 g/mol. The van der Waals surface area contributed by atoms with E-state index in [2.05, 4.69) is 15.3 Å². The van der Waals surface area contributed by atoms with E-state index in [9.17, 15) is 14.0 Å². The maximum absolute atomic E-state index is 13.7. The Kier molecular flexibility index (Phi) is 6.94. The lowest BCUT2D eigenvalue weighted by atomic mass is 9.94. The first-order chi connectivity index (χ1) is 20.2. The standard InChI is InChI=1S/C33H30FN5O3/c1-33(2,3)42-32(41)39-19-23-7-5-4-6-22(23)18-26(39)31(40)37-27-13-12-25-28(20-14-16-35-17-15-20)29(38-30(25)36-27)21-8-10-24(34)11-9-21/h4-17,26H,18-19H2,1-3H3,(H2,36,37,38,40)/t26-/m0/s1. The summed E-state index contributed by atoms with van der Waals surface area (Å²) in [6, 6.07) is 20.7. The minimum absolute atomic E-state index is 0.266. The molecule has 5 aromatic rings. The molecule has 212 valence electrons. The van der Waals surface area contributed by atoms with Crippen LogP contribution in [0.4, 0.5) is 15.0 Å². The highest BCUT2D eigenvalue weighted by Gasteiger charge is 2.37. The maximum Gasteiger partial charge on any atom is 0.411 e. The van der Waals surface area contributed by atoms with Gasteiger partial charge >= 0.3 is 6.09 Å². The molecule has 6 rings (SSSR count). The van der Waals surface area contributed by atoms with Crippen molar-refractivity contribution in [1.29, 1.82) is 0 Å². The summed E-state index contributed by atoms with van der Waals surface area (Å²) < 4.78 is 19.3. The number of rotatable bonds is 4. The van der Waals surface area contributed by atoms with E-state index in [1.165, 1.54) is 17.0 Å². The van der Waals surface area contributed by atoms with Gasteiger partial charge in [-0.15, -0.1) is 0 Å². The number of H-pyrrole nitrogens is 1. The Morgan fingerprint density at radius 2 is 1.67 bits per heavy atom. The van der Waals surface area contributed by atoms with Gasteiger partial charge in [-0.25, -0.2) is 14.2 Å². The highest BCUT2D eigenvalue weighted by Crippen LogP contribution is 2.38. The van der Waals surface area contributed by atoms with Crippen molar-refractivity contribution in [2.24, 2.45) is 0 Å². The molecule has 0 fully saturated rings. The summed E-state index contributed by atoms with van der Waals surface area (Å²) in [5.41, 5.74) is 5.22. The summed E-state index contributed by atoms with van der Waals surface area (Å²) in [4.78, 5) is 40.6. The summed E-state index contributed by atoms with van der Waals surface area (Å²) >= 11 is 0. The molecule has 2 N–H and O–H groups in total. The number of ether oxygens (including phenoxy) is 1. The molecule has 0 unspecified atom stereocenters. The van der Waals surface area contributed by atoms with Crippen LogP contribution in [0.3, 0.4) is 0 Å². The Morgan fingerprint density at radius 1 is 0.952 bits per heavy atom. The largest absolute Gasteiger partial charge is 0.444 e. The van der Waals surface area contributed by atoms with E-state index < -0.39 is 17.7 Å². The highest BCUT2D eigenvalue weighted by atomic mass is 19.1. The summed E-state index contributed by atoms with van der Waals surface area (Å²) in [6.45, 7) is 5.66. The molecule has 0 radical (unpaired) electrons.